The summed E-state index contributed by atoms with van der Waals surface area (Å²) in [5.74, 6) is 0.618. The van der Waals surface area contributed by atoms with Gasteiger partial charge in [-0.25, -0.2) is 0 Å². The molecule has 0 radical (unpaired) electrons. The van der Waals surface area contributed by atoms with Crippen LogP contribution >= 0.6 is 0 Å². The van der Waals surface area contributed by atoms with Crippen LogP contribution in [0.1, 0.15) is 35.1 Å². The molecule has 0 amide bonds. The third-order valence-electron chi connectivity index (χ3n) is 8.18. The second-order valence-electron chi connectivity index (χ2n) is 11.4. The largest absolute Gasteiger partial charge is 0.427 e. The Morgan fingerprint density at radius 2 is 0.660 bits per heavy atom. The van der Waals surface area contributed by atoms with Gasteiger partial charge in [-0.3, -0.25) is 9.59 Å². The van der Waals surface area contributed by atoms with Crippen molar-refractivity contribution < 1.29 is 19.1 Å². The Bertz CT molecular complexity index is 1800. The van der Waals surface area contributed by atoms with E-state index in [0.717, 1.165) is 39.8 Å². The molecule has 232 valence electrons. The normalized spacial score (nSPS) is 10.7. The van der Waals surface area contributed by atoms with E-state index in [2.05, 4.69) is 72.8 Å². The first kappa shape index (κ1) is 31.3. The Balaban J connectivity index is 1.21. The SMILES string of the molecule is O=C(CCc1ccccc1-c1ccccc1Cc1ccccc1-c1ccccc1CCC(=O)Oc1ccccc1)Oc1ccccc1. The van der Waals surface area contributed by atoms with Crippen molar-refractivity contribution in [3.05, 3.63) is 180 Å². The first-order valence-corrected chi connectivity index (χ1v) is 16.0. The summed E-state index contributed by atoms with van der Waals surface area (Å²) in [6.45, 7) is 0. The molecular weight excluding hydrogens is 580 g/mol. The van der Waals surface area contributed by atoms with Crippen LogP contribution in [0.5, 0.6) is 11.5 Å². The van der Waals surface area contributed by atoms with E-state index in [-0.39, 0.29) is 24.8 Å². The molecule has 0 heterocycles. The van der Waals surface area contributed by atoms with Gasteiger partial charge in [0.15, 0.2) is 0 Å². The molecule has 0 atom stereocenters. The van der Waals surface area contributed by atoms with Crippen LogP contribution < -0.4 is 9.47 Å². The summed E-state index contributed by atoms with van der Waals surface area (Å²) in [4.78, 5) is 25.3. The van der Waals surface area contributed by atoms with Gasteiger partial charge in [0.05, 0.1) is 12.8 Å². The number of carbonyl (C=O) groups is 2. The lowest BCUT2D eigenvalue weighted by molar-refractivity contribution is -0.135. The highest BCUT2D eigenvalue weighted by molar-refractivity contribution is 5.77. The second-order valence-corrected chi connectivity index (χ2v) is 11.4. The van der Waals surface area contributed by atoms with Crippen molar-refractivity contribution in [2.24, 2.45) is 0 Å². The lowest BCUT2D eigenvalue weighted by Gasteiger charge is -2.17. The average molecular weight is 617 g/mol. The number of esters is 2. The zero-order valence-electron chi connectivity index (χ0n) is 26.2. The molecule has 0 aromatic heterocycles. The lowest BCUT2D eigenvalue weighted by atomic mass is 9.87. The molecule has 4 heteroatoms. The van der Waals surface area contributed by atoms with E-state index in [9.17, 15) is 9.59 Å². The van der Waals surface area contributed by atoms with Gasteiger partial charge in [-0.1, -0.05) is 133 Å². The van der Waals surface area contributed by atoms with Gasteiger partial charge >= 0.3 is 11.9 Å². The summed E-state index contributed by atoms with van der Waals surface area (Å²) in [7, 11) is 0. The number of rotatable bonds is 12. The molecule has 0 saturated carbocycles. The van der Waals surface area contributed by atoms with Crippen LogP contribution in [-0.2, 0) is 28.9 Å². The zero-order chi connectivity index (χ0) is 32.3. The van der Waals surface area contributed by atoms with Gasteiger partial charge in [0.2, 0.25) is 0 Å². The molecule has 47 heavy (non-hydrogen) atoms. The third kappa shape index (κ3) is 8.30. The predicted octanol–water partition coefficient (Wildman–Crippen LogP) is 9.69. The van der Waals surface area contributed by atoms with Crippen molar-refractivity contribution >= 4 is 11.9 Å². The molecule has 6 aromatic carbocycles. The van der Waals surface area contributed by atoms with E-state index in [4.69, 9.17) is 9.47 Å². The summed E-state index contributed by atoms with van der Waals surface area (Å²) in [6, 6.07) is 51.9. The van der Waals surface area contributed by atoms with Crippen molar-refractivity contribution in [3.8, 4) is 33.8 Å². The van der Waals surface area contributed by atoms with Gasteiger partial charge in [0.25, 0.3) is 0 Å². The molecule has 6 rings (SSSR count). The highest BCUT2D eigenvalue weighted by Gasteiger charge is 2.16. The fraction of sp³-hybridized carbons (Fsp3) is 0.116. The Kier molecular flexibility index (Phi) is 10.3. The predicted molar refractivity (Wildman–Crippen MR) is 187 cm³/mol. The molecular formula is C43H36O4. The summed E-state index contributed by atoms with van der Waals surface area (Å²) in [6.07, 6.45) is 2.44. The van der Waals surface area contributed by atoms with Crippen LogP contribution in [-0.4, -0.2) is 11.9 Å². The maximum absolute atomic E-state index is 12.7. The van der Waals surface area contributed by atoms with Gasteiger partial charge < -0.3 is 9.47 Å². The third-order valence-corrected chi connectivity index (χ3v) is 8.18. The zero-order valence-corrected chi connectivity index (χ0v) is 26.2. The Morgan fingerprint density at radius 3 is 1.04 bits per heavy atom. The number of aryl methyl sites for hydroxylation is 2. The minimum absolute atomic E-state index is 0.250. The number of ether oxygens (including phenoxy) is 2. The van der Waals surface area contributed by atoms with Gasteiger partial charge in [0, 0.05) is 0 Å². The van der Waals surface area contributed by atoms with E-state index < -0.39 is 0 Å². The van der Waals surface area contributed by atoms with E-state index in [0.29, 0.717) is 24.3 Å². The highest BCUT2D eigenvalue weighted by atomic mass is 16.5. The molecule has 0 spiro atoms. The standard InChI is InChI=1S/C43H36O4/c44-42(46-36-19-3-1-4-20-36)29-27-32-15-7-11-23-38(32)40-25-13-9-17-34(40)31-35-18-10-14-26-41(35)39-24-12-8-16-33(39)28-30-43(45)47-37-21-5-2-6-22-37/h1-26H,27-31H2. The van der Waals surface area contributed by atoms with Crippen LogP contribution in [0.3, 0.4) is 0 Å². The molecule has 0 aliphatic carbocycles. The Morgan fingerprint density at radius 1 is 0.362 bits per heavy atom. The highest BCUT2D eigenvalue weighted by Crippen LogP contribution is 2.34. The van der Waals surface area contributed by atoms with Gasteiger partial charge in [-0.05, 0) is 88.0 Å². The smallest absolute Gasteiger partial charge is 0.311 e. The van der Waals surface area contributed by atoms with Crippen molar-refractivity contribution in [1.82, 2.24) is 0 Å². The van der Waals surface area contributed by atoms with Crippen LogP contribution in [0.15, 0.2) is 158 Å². The minimum atomic E-state index is -0.250. The molecule has 0 bridgehead atoms. The van der Waals surface area contributed by atoms with E-state index in [1.807, 2.05) is 60.7 Å². The molecule has 4 nitrogen and oxygen atoms in total. The van der Waals surface area contributed by atoms with Crippen molar-refractivity contribution in [1.29, 1.82) is 0 Å². The monoisotopic (exact) mass is 616 g/mol. The topological polar surface area (TPSA) is 52.6 Å². The minimum Gasteiger partial charge on any atom is -0.427 e. The molecule has 0 saturated heterocycles. The fourth-order valence-electron chi connectivity index (χ4n) is 5.90. The van der Waals surface area contributed by atoms with Gasteiger partial charge in [-0.2, -0.15) is 0 Å². The number of benzene rings is 6. The lowest BCUT2D eigenvalue weighted by Crippen LogP contribution is -2.09. The van der Waals surface area contributed by atoms with Crippen LogP contribution in [0.25, 0.3) is 22.3 Å². The summed E-state index contributed by atoms with van der Waals surface area (Å²) in [5, 5.41) is 0. The van der Waals surface area contributed by atoms with Crippen molar-refractivity contribution in [3.63, 3.8) is 0 Å². The van der Waals surface area contributed by atoms with Crippen molar-refractivity contribution in [2.75, 3.05) is 0 Å². The maximum atomic E-state index is 12.7. The van der Waals surface area contributed by atoms with Crippen molar-refractivity contribution in [2.45, 2.75) is 32.1 Å². The molecule has 0 unspecified atom stereocenters. The van der Waals surface area contributed by atoms with E-state index in [1.165, 1.54) is 11.1 Å². The number of carbonyl (C=O) groups excluding carboxylic acids is 2. The first-order chi connectivity index (χ1) is 23.1. The van der Waals surface area contributed by atoms with Gasteiger partial charge in [0.1, 0.15) is 11.5 Å². The Labute approximate surface area is 276 Å². The van der Waals surface area contributed by atoms with E-state index >= 15 is 0 Å². The quantitative estimate of drug-likeness (QED) is 0.101. The molecule has 6 aromatic rings. The maximum Gasteiger partial charge on any atom is 0.311 e. The fourth-order valence-corrected chi connectivity index (χ4v) is 5.90. The second kappa shape index (κ2) is 15.5. The summed E-state index contributed by atoms with van der Waals surface area (Å²) in [5.41, 5.74) is 9.12. The average Bonchev–Trinajstić information content (AvgIpc) is 3.11. The molecule has 0 aliphatic rings. The van der Waals surface area contributed by atoms with E-state index in [1.54, 1.807) is 24.3 Å². The number of para-hydroxylation sites is 2. The van der Waals surface area contributed by atoms with Crippen LogP contribution in [0, 0.1) is 0 Å². The molecule has 0 aliphatic heterocycles. The van der Waals surface area contributed by atoms with Crippen LogP contribution in [0.4, 0.5) is 0 Å². The van der Waals surface area contributed by atoms with Crippen LogP contribution in [0.2, 0.25) is 0 Å². The molecule has 0 N–H and O–H groups in total. The Hall–Kier alpha value is -5.74. The molecule has 0 fully saturated rings. The number of hydrogen-bond donors (Lipinski definition) is 0. The summed E-state index contributed by atoms with van der Waals surface area (Å²) >= 11 is 0. The van der Waals surface area contributed by atoms with Gasteiger partial charge in [-0.15, -0.1) is 0 Å². The summed E-state index contributed by atoms with van der Waals surface area (Å²) < 4.78 is 11.1. The number of hydrogen-bond acceptors (Lipinski definition) is 4. The first-order valence-electron chi connectivity index (χ1n) is 16.0.